The summed E-state index contributed by atoms with van der Waals surface area (Å²) in [4.78, 5) is 0. The third-order valence-corrected chi connectivity index (χ3v) is 3.50. The Morgan fingerprint density at radius 1 is 1.05 bits per heavy atom. The van der Waals surface area contributed by atoms with Crippen LogP contribution < -0.4 is 4.74 Å². The largest absolute Gasteiger partial charge is 0.489 e. The Morgan fingerprint density at radius 2 is 1.84 bits per heavy atom. The van der Waals surface area contributed by atoms with Crippen molar-refractivity contribution in [1.82, 2.24) is 0 Å². The molecule has 0 unspecified atom stereocenters. The van der Waals surface area contributed by atoms with E-state index < -0.39 is 0 Å². The molecule has 0 saturated carbocycles. The standard InChI is InChI=1S/C14H10BrClF2O/c15-7-9-3-12(18)6-13(4-9)19-8-10-5-11(17)1-2-14(10)16/h1-6H,7-8H2. The minimum Gasteiger partial charge on any atom is -0.489 e. The molecule has 0 heterocycles. The number of hydrogen-bond acceptors (Lipinski definition) is 1. The number of rotatable bonds is 4. The van der Waals surface area contributed by atoms with Gasteiger partial charge in [-0.2, -0.15) is 0 Å². The maximum absolute atomic E-state index is 13.3. The summed E-state index contributed by atoms with van der Waals surface area (Å²) in [5, 5.41) is 0.945. The van der Waals surface area contributed by atoms with Gasteiger partial charge in [-0.1, -0.05) is 27.5 Å². The molecule has 0 saturated heterocycles. The van der Waals surface area contributed by atoms with E-state index in [4.69, 9.17) is 16.3 Å². The molecule has 0 aliphatic heterocycles. The fraction of sp³-hybridized carbons (Fsp3) is 0.143. The summed E-state index contributed by atoms with van der Waals surface area (Å²) in [7, 11) is 0. The Labute approximate surface area is 123 Å². The third-order valence-electron chi connectivity index (χ3n) is 2.49. The molecule has 0 bridgehead atoms. The molecule has 2 aromatic carbocycles. The number of alkyl halides is 1. The lowest BCUT2D eigenvalue weighted by molar-refractivity contribution is 0.304. The Balaban J connectivity index is 2.14. The van der Waals surface area contributed by atoms with Crippen molar-refractivity contribution >= 4 is 27.5 Å². The van der Waals surface area contributed by atoms with E-state index in [-0.39, 0.29) is 18.2 Å². The molecule has 5 heteroatoms. The molecular weight excluding hydrogens is 338 g/mol. The highest BCUT2D eigenvalue weighted by Crippen LogP contribution is 2.22. The first-order valence-corrected chi connectivity index (χ1v) is 7.00. The lowest BCUT2D eigenvalue weighted by atomic mass is 10.2. The average Bonchev–Trinajstić information content (AvgIpc) is 2.39. The number of ether oxygens (including phenoxy) is 1. The summed E-state index contributed by atoms with van der Waals surface area (Å²) in [5.74, 6) is -0.379. The van der Waals surface area contributed by atoms with Crippen LogP contribution in [0.3, 0.4) is 0 Å². The van der Waals surface area contributed by atoms with Crippen LogP contribution in [-0.4, -0.2) is 0 Å². The van der Waals surface area contributed by atoms with Gasteiger partial charge >= 0.3 is 0 Å². The molecule has 0 aliphatic rings. The first kappa shape index (κ1) is 14.3. The zero-order chi connectivity index (χ0) is 13.8. The second kappa shape index (κ2) is 6.35. The predicted molar refractivity (Wildman–Crippen MR) is 74.8 cm³/mol. The van der Waals surface area contributed by atoms with Gasteiger partial charge in [-0.05, 0) is 35.9 Å². The van der Waals surface area contributed by atoms with Crippen LogP contribution >= 0.6 is 27.5 Å². The van der Waals surface area contributed by atoms with Gasteiger partial charge in [0.1, 0.15) is 24.0 Å². The quantitative estimate of drug-likeness (QED) is 0.700. The van der Waals surface area contributed by atoms with Gasteiger partial charge in [0, 0.05) is 22.0 Å². The van der Waals surface area contributed by atoms with E-state index >= 15 is 0 Å². The van der Waals surface area contributed by atoms with Crippen LogP contribution in [-0.2, 0) is 11.9 Å². The highest BCUT2D eigenvalue weighted by atomic mass is 79.9. The summed E-state index contributed by atoms with van der Waals surface area (Å²) in [6.07, 6.45) is 0. The van der Waals surface area contributed by atoms with Gasteiger partial charge in [-0.25, -0.2) is 8.78 Å². The number of hydrogen-bond donors (Lipinski definition) is 0. The van der Waals surface area contributed by atoms with E-state index in [1.807, 2.05) is 0 Å². The molecule has 0 N–H and O–H groups in total. The second-order valence-corrected chi connectivity index (χ2v) is 4.92. The van der Waals surface area contributed by atoms with Crippen molar-refractivity contribution in [2.24, 2.45) is 0 Å². The van der Waals surface area contributed by atoms with Gasteiger partial charge in [0.2, 0.25) is 0 Å². The molecule has 0 atom stereocenters. The minimum atomic E-state index is -0.386. The summed E-state index contributed by atoms with van der Waals surface area (Å²) < 4.78 is 31.8. The number of benzene rings is 2. The Hall–Kier alpha value is -1.13. The highest BCUT2D eigenvalue weighted by molar-refractivity contribution is 9.08. The van der Waals surface area contributed by atoms with Crippen LogP contribution in [0.25, 0.3) is 0 Å². The normalized spacial score (nSPS) is 10.5. The van der Waals surface area contributed by atoms with Crippen LogP contribution in [0, 0.1) is 11.6 Å². The van der Waals surface area contributed by atoms with E-state index in [2.05, 4.69) is 15.9 Å². The van der Waals surface area contributed by atoms with Crippen molar-refractivity contribution in [2.45, 2.75) is 11.9 Å². The fourth-order valence-corrected chi connectivity index (χ4v) is 2.09. The first-order valence-electron chi connectivity index (χ1n) is 5.50. The first-order chi connectivity index (χ1) is 9.08. The topological polar surface area (TPSA) is 9.23 Å². The highest BCUT2D eigenvalue weighted by Gasteiger charge is 2.05. The van der Waals surface area contributed by atoms with Crippen molar-refractivity contribution in [1.29, 1.82) is 0 Å². The van der Waals surface area contributed by atoms with Gasteiger partial charge in [0.05, 0.1) is 0 Å². The van der Waals surface area contributed by atoms with E-state index in [1.165, 1.54) is 30.3 Å². The molecular formula is C14H10BrClF2O. The molecule has 0 spiro atoms. The van der Waals surface area contributed by atoms with Crippen LogP contribution in [0.2, 0.25) is 5.02 Å². The molecule has 2 rings (SSSR count). The van der Waals surface area contributed by atoms with Gasteiger partial charge in [-0.3, -0.25) is 0 Å². The van der Waals surface area contributed by atoms with Crippen LogP contribution in [0.1, 0.15) is 11.1 Å². The Bertz CT molecular complexity index is 590. The monoisotopic (exact) mass is 346 g/mol. The van der Waals surface area contributed by atoms with Crippen molar-refractivity contribution in [2.75, 3.05) is 0 Å². The smallest absolute Gasteiger partial charge is 0.127 e. The van der Waals surface area contributed by atoms with E-state index in [0.29, 0.717) is 21.7 Å². The molecule has 100 valence electrons. The number of halogens is 4. The van der Waals surface area contributed by atoms with Gasteiger partial charge in [-0.15, -0.1) is 0 Å². The summed E-state index contributed by atoms with van der Waals surface area (Å²) in [6, 6.07) is 8.44. The van der Waals surface area contributed by atoms with E-state index in [1.54, 1.807) is 6.07 Å². The van der Waals surface area contributed by atoms with Crippen LogP contribution in [0.15, 0.2) is 36.4 Å². The van der Waals surface area contributed by atoms with Gasteiger partial charge in [0.15, 0.2) is 0 Å². The SMILES string of the molecule is Fc1cc(CBr)cc(OCc2cc(F)ccc2Cl)c1. The van der Waals surface area contributed by atoms with Crippen molar-refractivity contribution < 1.29 is 13.5 Å². The van der Waals surface area contributed by atoms with Crippen molar-refractivity contribution in [3.8, 4) is 5.75 Å². The van der Waals surface area contributed by atoms with E-state index in [9.17, 15) is 8.78 Å². The molecule has 0 radical (unpaired) electrons. The lowest BCUT2D eigenvalue weighted by Gasteiger charge is -2.09. The average molecular weight is 348 g/mol. The Kier molecular flexibility index (Phi) is 4.77. The molecule has 1 nitrogen and oxygen atoms in total. The molecule has 19 heavy (non-hydrogen) atoms. The second-order valence-electron chi connectivity index (χ2n) is 3.95. The van der Waals surface area contributed by atoms with Gasteiger partial charge < -0.3 is 4.74 Å². The third kappa shape index (κ3) is 3.91. The molecule has 0 amide bonds. The predicted octanol–water partition coefficient (Wildman–Crippen LogP) is 5.09. The summed E-state index contributed by atoms with van der Waals surface area (Å²) >= 11 is 9.17. The van der Waals surface area contributed by atoms with Crippen LogP contribution in [0.4, 0.5) is 8.78 Å². The van der Waals surface area contributed by atoms with E-state index in [0.717, 1.165) is 5.56 Å². The summed E-state index contributed by atoms with van der Waals surface area (Å²) in [5.41, 5.74) is 1.28. The van der Waals surface area contributed by atoms with Crippen LogP contribution in [0.5, 0.6) is 5.75 Å². The molecule has 0 fully saturated rings. The zero-order valence-corrected chi connectivity index (χ0v) is 12.1. The lowest BCUT2D eigenvalue weighted by Crippen LogP contribution is -1.98. The maximum Gasteiger partial charge on any atom is 0.127 e. The molecule has 2 aromatic rings. The zero-order valence-electron chi connectivity index (χ0n) is 9.80. The van der Waals surface area contributed by atoms with Crippen molar-refractivity contribution in [3.05, 3.63) is 64.2 Å². The maximum atomic E-state index is 13.3. The molecule has 0 aromatic heterocycles. The summed E-state index contributed by atoms with van der Waals surface area (Å²) in [6.45, 7) is 0.0851. The minimum absolute atomic E-state index is 0.0851. The Morgan fingerprint density at radius 3 is 2.58 bits per heavy atom. The fourth-order valence-electron chi connectivity index (χ4n) is 1.60. The van der Waals surface area contributed by atoms with Crippen molar-refractivity contribution in [3.63, 3.8) is 0 Å². The van der Waals surface area contributed by atoms with Gasteiger partial charge in [0.25, 0.3) is 0 Å². The molecule has 0 aliphatic carbocycles.